The summed E-state index contributed by atoms with van der Waals surface area (Å²) in [5.41, 5.74) is 1.93. The van der Waals surface area contributed by atoms with Crippen LogP contribution in [-0.2, 0) is 16.6 Å². The van der Waals surface area contributed by atoms with E-state index in [-0.39, 0.29) is 24.1 Å². The molecule has 5 atom stereocenters. The number of ether oxygens (including phenoxy) is 1. The topological polar surface area (TPSA) is 66.2 Å². The summed E-state index contributed by atoms with van der Waals surface area (Å²) in [5.74, 6) is 0.813. The average Bonchev–Trinajstić information content (AvgIpc) is 3.44. The number of likely N-dealkylation sites (tertiary alicyclic amines) is 1. The first kappa shape index (κ1) is 20.8. The maximum atomic E-state index is 13.1. The smallest absolute Gasteiger partial charge is 0.246 e. The van der Waals surface area contributed by atoms with Gasteiger partial charge in [0.05, 0.1) is 29.6 Å². The highest BCUT2D eigenvalue weighted by atomic mass is 16.5. The lowest BCUT2D eigenvalue weighted by Gasteiger charge is -2.64. The Bertz CT molecular complexity index is 1130. The predicted molar refractivity (Wildman–Crippen MR) is 125 cm³/mol. The molecule has 1 spiro atoms. The molecule has 1 aromatic carbocycles. The van der Waals surface area contributed by atoms with Crippen LogP contribution in [0, 0.1) is 0 Å². The minimum Gasteiger partial charge on any atom is -0.487 e. The van der Waals surface area contributed by atoms with Gasteiger partial charge in [-0.05, 0) is 56.0 Å². The molecule has 0 radical (unpaired) electrons. The monoisotopic (exact) mass is 446 g/mol. The minimum absolute atomic E-state index is 0.0270. The fraction of sp³-hybridized carbons (Fsp3) is 0.444. The van der Waals surface area contributed by atoms with Crippen LogP contribution in [0.3, 0.4) is 0 Å². The highest BCUT2D eigenvalue weighted by Gasteiger charge is 2.72. The van der Waals surface area contributed by atoms with Crippen molar-refractivity contribution in [3.05, 3.63) is 72.2 Å². The van der Waals surface area contributed by atoms with E-state index in [1.807, 2.05) is 25.3 Å². The number of carbonyl (C=O) groups excluding carboxylic acids is 1. The number of piperidine rings is 1. The second-order valence-electron chi connectivity index (χ2n) is 9.92. The Balaban J connectivity index is 1.39. The molecule has 1 amide bonds. The van der Waals surface area contributed by atoms with Gasteiger partial charge in [-0.1, -0.05) is 18.2 Å². The Morgan fingerprint density at radius 3 is 3.03 bits per heavy atom. The van der Waals surface area contributed by atoms with Crippen molar-refractivity contribution in [2.45, 2.75) is 54.9 Å². The molecule has 33 heavy (non-hydrogen) atoms. The van der Waals surface area contributed by atoms with Gasteiger partial charge in [-0.2, -0.15) is 0 Å². The molecule has 1 N–H and O–H groups in total. The van der Waals surface area contributed by atoms with Gasteiger partial charge in [0.2, 0.25) is 5.91 Å². The largest absolute Gasteiger partial charge is 0.487 e. The first-order chi connectivity index (χ1) is 16.0. The molecule has 2 aromatic rings. The molecule has 6 nitrogen and oxygen atoms in total. The number of rotatable bonds is 5. The van der Waals surface area contributed by atoms with Crippen LogP contribution in [-0.4, -0.2) is 64.7 Å². The van der Waals surface area contributed by atoms with Crippen molar-refractivity contribution in [2.75, 3.05) is 20.1 Å². The van der Waals surface area contributed by atoms with Gasteiger partial charge in [-0.25, -0.2) is 0 Å². The second-order valence-corrected chi connectivity index (χ2v) is 9.92. The maximum Gasteiger partial charge on any atom is 0.246 e. The standard InChI is InChI=1S/C27H30N2O4/c1-3-13-29-14-12-26-24-19-5-4-6-21(24)33-25(26)20(9-11-27(26,31)22(29)16-19)28(2)23(30)8-7-18-10-15-32-17-18/h3-8,10,15,17,20,22,25,31H,1,9,11-14,16H2,2H3/b8-7+/t20-,22+,25-,26-,27+/m0/s1. The molecule has 4 aliphatic rings. The number of furan rings is 1. The molecule has 1 saturated heterocycles. The highest BCUT2D eigenvalue weighted by Crippen LogP contribution is 2.64. The van der Waals surface area contributed by atoms with Crippen molar-refractivity contribution in [2.24, 2.45) is 0 Å². The predicted octanol–water partition coefficient (Wildman–Crippen LogP) is 3.16. The molecule has 3 heterocycles. The number of aliphatic hydroxyl groups is 1. The fourth-order valence-corrected chi connectivity index (χ4v) is 7.17. The van der Waals surface area contributed by atoms with Crippen LogP contribution in [0.5, 0.6) is 5.75 Å². The van der Waals surface area contributed by atoms with Crippen LogP contribution in [0.15, 0.2) is 59.9 Å². The van der Waals surface area contributed by atoms with Gasteiger partial charge in [-0.3, -0.25) is 9.69 Å². The summed E-state index contributed by atoms with van der Waals surface area (Å²) in [6, 6.07) is 8.00. The van der Waals surface area contributed by atoms with Crippen molar-refractivity contribution in [3.63, 3.8) is 0 Å². The number of hydrogen-bond acceptors (Lipinski definition) is 5. The molecule has 172 valence electrons. The van der Waals surface area contributed by atoms with E-state index in [0.717, 1.165) is 37.2 Å². The SMILES string of the molecule is C=CCN1CC[C@]23c4c5cccc4O[C@H]2[C@@H](N(C)C(=O)/C=C/c2ccoc2)CC[C@@]3(O)[C@H]1C5. The molecular weight excluding hydrogens is 416 g/mol. The highest BCUT2D eigenvalue weighted by molar-refractivity contribution is 5.91. The third-order valence-electron chi connectivity index (χ3n) is 8.61. The summed E-state index contributed by atoms with van der Waals surface area (Å²) in [6.07, 6.45) is 11.2. The Morgan fingerprint density at radius 1 is 1.36 bits per heavy atom. The summed E-state index contributed by atoms with van der Waals surface area (Å²) >= 11 is 0. The third-order valence-corrected chi connectivity index (χ3v) is 8.61. The van der Waals surface area contributed by atoms with E-state index in [4.69, 9.17) is 9.15 Å². The minimum atomic E-state index is -0.883. The molecular formula is C27H30N2O4. The van der Waals surface area contributed by atoms with Gasteiger partial charge >= 0.3 is 0 Å². The molecule has 2 aliphatic carbocycles. The van der Waals surface area contributed by atoms with Crippen molar-refractivity contribution in [1.82, 2.24) is 9.80 Å². The lowest BCUT2D eigenvalue weighted by atomic mass is 9.48. The molecule has 1 aromatic heterocycles. The Labute approximate surface area is 194 Å². The normalized spacial score (nSPS) is 34.1. The van der Waals surface area contributed by atoms with Gasteiger partial charge in [-0.15, -0.1) is 6.58 Å². The first-order valence-corrected chi connectivity index (χ1v) is 11.8. The van der Waals surface area contributed by atoms with Crippen LogP contribution >= 0.6 is 0 Å². The number of likely N-dealkylation sites (N-methyl/N-ethyl adjacent to an activating group) is 1. The van der Waals surface area contributed by atoms with Gasteiger partial charge in [0.1, 0.15) is 11.9 Å². The van der Waals surface area contributed by atoms with Crippen LogP contribution < -0.4 is 4.74 Å². The Kier molecular flexibility index (Phi) is 4.61. The van der Waals surface area contributed by atoms with Gasteiger partial charge in [0, 0.05) is 36.8 Å². The second kappa shape index (κ2) is 7.34. The van der Waals surface area contributed by atoms with Crippen LogP contribution in [0.2, 0.25) is 0 Å². The quantitative estimate of drug-likeness (QED) is 0.565. The zero-order chi connectivity index (χ0) is 22.8. The van der Waals surface area contributed by atoms with E-state index in [2.05, 4.69) is 23.6 Å². The Morgan fingerprint density at radius 2 is 2.24 bits per heavy atom. The van der Waals surface area contributed by atoms with E-state index in [1.165, 1.54) is 11.1 Å². The zero-order valence-electron chi connectivity index (χ0n) is 18.9. The lowest BCUT2D eigenvalue weighted by Crippen LogP contribution is -2.78. The summed E-state index contributed by atoms with van der Waals surface area (Å²) in [4.78, 5) is 17.3. The average molecular weight is 447 g/mol. The number of carbonyl (C=O) groups is 1. The van der Waals surface area contributed by atoms with Crippen LogP contribution in [0.1, 0.15) is 36.0 Å². The van der Waals surface area contributed by atoms with E-state index in [0.29, 0.717) is 12.8 Å². The molecule has 2 fully saturated rings. The van der Waals surface area contributed by atoms with Crippen molar-refractivity contribution < 1.29 is 19.1 Å². The summed E-state index contributed by atoms with van der Waals surface area (Å²) < 4.78 is 11.7. The van der Waals surface area contributed by atoms with Crippen LogP contribution in [0.4, 0.5) is 0 Å². The molecule has 1 saturated carbocycles. The van der Waals surface area contributed by atoms with Crippen molar-refractivity contribution >= 4 is 12.0 Å². The van der Waals surface area contributed by atoms with E-state index >= 15 is 0 Å². The molecule has 6 heteroatoms. The third kappa shape index (κ3) is 2.71. The van der Waals surface area contributed by atoms with Gasteiger partial charge in [0.15, 0.2) is 0 Å². The summed E-state index contributed by atoms with van der Waals surface area (Å²) in [6.45, 7) is 5.60. The first-order valence-electron chi connectivity index (χ1n) is 11.8. The maximum absolute atomic E-state index is 13.1. The van der Waals surface area contributed by atoms with Gasteiger partial charge in [0.25, 0.3) is 0 Å². The fourth-order valence-electron chi connectivity index (χ4n) is 7.17. The van der Waals surface area contributed by atoms with E-state index in [9.17, 15) is 9.90 Å². The van der Waals surface area contributed by atoms with Gasteiger partial charge < -0.3 is 19.2 Å². The lowest BCUT2D eigenvalue weighted by molar-refractivity contribution is -0.198. The van der Waals surface area contributed by atoms with Crippen molar-refractivity contribution in [3.8, 4) is 5.75 Å². The number of benzene rings is 1. The van der Waals surface area contributed by atoms with Crippen molar-refractivity contribution in [1.29, 1.82) is 0 Å². The summed E-state index contributed by atoms with van der Waals surface area (Å²) in [5, 5.41) is 12.4. The zero-order valence-corrected chi connectivity index (χ0v) is 18.9. The molecule has 2 bridgehead atoms. The number of hydrogen-bond donors (Lipinski definition) is 1. The van der Waals surface area contributed by atoms with E-state index in [1.54, 1.807) is 29.6 Å². The van der Waals surface area contributed by atoms with Crippen LogP contribution in [0.25, 0.3) is 6.08 Å². The van der Waals surface area contributed by atoms with E-state index < -0.39 is 11.0 Å². The molecule has 2 aliphatic heterocycles. The number of amides is 1. The molecule has 0 unspecified atom stereocenters. The molecule has 6 rings (SSSR count). The Hall–Kier alpha value is -2.83. The summed E-state index contributed by atoms with van der Waals surface area (Å²) in [7, 11) is 1.86. The number of nitrogens with zero attached hydrogens (tertiary/aromatic N) is 2.